The monoisotopic (exact) mass is 381 g/mol. The Morgan fingerprint density at radius 3 is 2.44 bits per heavy atom. The standard InChI is InChI=1S/C20H19N3O3S/c1-13-18(14(2)24)19(16-6-4-3-5-7-16)22-20(21-13)27-12-15-8-10-17(11-9-15)23(25)26/h3-11,19H,12H2,1-2H3,(H,21,22). The van der Waals surface area contributed by atoms with Gasteiger partial charge in [-0.3, -0.25) is 14.9 Å². The van der Waals surface area contributed by atoms with E-state index in [9.17, 15) is 14.9 Å². The first kappa shape index (κ1) is 18.8. The van der Waals surface area contributed by atoms with Gasteiger partial charge in [0.2, 0.25) is 0 Å². The van der Waals surface area contributed by atoms with Gasteiger partial charge in [0.25, 0.3) is 5.69 Å². The molecule has 1 aliphatic rings. The van der Waals surface area contributed by atoms with E-state index in [4.69, 9.17) is 4.99 Å². The van der Waals surface area contributed by atoms with Crippen LogP contribution < -0.4 is 5.32 Å². The summed E-state index contributed by atoms with van der Waals surface area (Å²) in [4.78, 5) is 27.2. The number of amidine groups is 1. The SMILES string of the molecule is CC(=O)C1=C(C)NC(SCc2ccc([N+](=O)[O-])cc2)=NC1c1ccccc1. The summed E-state index contributed by atoms with van der Waals surface area (Å²) in [6.45, 7) is 3.44. The molecule has 0 radical (unpaired) electrons. The molecule has 2 aromatic rings. The average Bonchev–Trinajstić information content (AvgIpc) is 2.66. The molecule has 2 aromatic carbocycles. The number of allylic oxidation sites excluding steroid dienone is 1. The number of carbonyl (C=O) groups is 1. The van der Waals surface area contributed by atoms with Crippen LogP contribution in [0.5, 0.6) is 0 Å². The molecule has 0 saturated carbocycles. The molecule has 6 nitrogen and oxygen atoms in total. The van der Waals surface area contributed by atoms with Crippen molar-refractivity contribution in [2.24, 2.45) is 4.99 Å². The summed E-state index contributed by atoms with van der Waals surface area (Å²) in [5.74, 6) is 0.616. The number of thioether (sulfide) groups is 1. The summed E-state index contributed by atoms with van der Waals surface area (Å²) in [5, 5.41) is 14.7. The minimum atomic E-state index is -0.411. The first-order valence-corrected chi connectivity index (χ1v) is 9.42. The van der Waals surface area contributed by atoms with E-state index in [1.165, 1.54) is 23.9 Å². The van der Waals surface area contributed by atoms with Crippen molar-refractivity contribution in [1.82, 2.24) is 5.32 Å². The fourth-order valence-corrected chi connectivity index (χ4v) is 3.82. The first-order chi connectivity index (χ1) is 13.0. The molecule has 0 fully saturated rings. The van der Waals surface area contributed by atoms with Crippen molar-refractivity contribution in [2.45, 2.75) is 25.6 Å². The molecule has 138 valence electrons. The zero-order valence-corrected chi connectivity index (χ0v) is 15.8. The van der Waals surface area contributed by atoms with E-state index in [0.717, 1.165) is 22.0 Å². The lowest BCUT2D eigenvalue weighted by molar-refractivity contribution is -0.384. The second-order valence-corrected chi connectivity index (χ2v) is 7.14. The molecule has 0 aliphatic carbocycles. The van der Waals surface area contributed by atoms with Crippen LogP contribution in [0.1, 0.15) is 31.0 Å². The van der Waals surface area contributed by atoms with E-state index in [0.29, 0.717) is 11.3 Å². The Hall–Kier alpha value is -2.93. The van der Waals surface area contributed by atoms with Gasteiger partial charge in [-0.25, -0.2) is 4.99 Å². The van der Waals surface area contributed by atoms with Gasteiger partial charge in [-0.2, -0.15) is 0 Å². The van der Waals surface area contributed by atoms with Gasteiger partial charge in [0, 0.05) is 29.2 Å². The Labute approximate surface area is 161 Å². The molecule has 1 aliphatic heterocycles. The zero-order valence-electron chi connectivity index (χ0n) is 15.0. The van der Waals surface area contributed by atoms with Crippen LogP contribution in [0.25, 0.3) is 0 Å². The van der Waals surface area contributed by atoms with Gasteiger partial charge in [0.1, 0.15) is 6.04 Å². The largest absolute Gasteiger partial charge is 0.338 e. The molecule has 1 unspecified atom stereocenters. The normalized spacial score (nSPS) is 16.5. The fourth-order valence-electron chi connectivity index (χ4n) is 2.92. The van der Waals surface area contributed by atoms with E-state index in [1.54, 1.807) is 19.1 Å². The van der Waals surface area contributed by atoms with Crippen LogP contribution in [0.3, 0.4) is 0 Å². The maximum absolute atomic E-state index is 12.1. The highest BCUT2D eigenvalue weighted by atomic mass is 32.2. The summed E-state index contributed by atoms with van der Waals surface area (Å²) in [5.41, 5.74) is 3.48. The summed E-state index contributed by atoms with van der Waals surface area (Å²) in [7, 11) is 0. The van der Waals surface area contributed by atoms with Crippen molar-refractivity contribution >= 4 is 28.4 Å². The molecule has 0 amide bonds. The van der Waals surface area contributed by atoms with Gasteiger partial charge in [-0.1, -0.05) is 54.2 Å². The minimum absolute atomic E-state index is 0.00276. The average molecular weight is 381 g/mol. The first-order valence-electron chi connectivity index (χ1n) is 8.43. The zero-order chi connectivity index (χ0) is 19.4. The predicted octanol–water partition coefficient (Wildman–Crippen LogP) is 4.39. The number of rotatable bonds is 5. The third kappa shape index (κ3) is 4.43. The van der Waals surface area contributed by atoms with Crippen molar-refractivity contribution in [1.29, 1.82) is 0 Å². The number of hydrogen-bond acceptors (Lipinski definition) is 6. The van der Waals surface area contributed by atoms with Crippen LogP contribution in [0.2, 0.25) is 0 Å². The van der Waals surface area contributed by atoms with Crippen molar-refractivity contribution < 1.29 is 9.72 Å². The van der Waals surface area contributed by atoms with Crippen molar-refractivity contribution in [3.05, 3.63) is 87.1 Å². The molecule has 0 bridgehead atoms. The molecule has 0 aromatic heterocycles. The molecule has 1 heterocycles. The summed E-state index contributed by atoms with van der Waals surface area (Å²) >= 11 is 1.50. The molecule has 3 rings (SSSR count). The van der Waals surface area contributed by atoms with E-state index in [1.807, 2.05) is 37.3 Å². The van der Waals surface area contributed by atoms with Gasteiger partial charge in [0.05, 0.1) is 4.92 Å². The maximum Gasteiger partial charge on any atom is 0.269 e. The van der Waals surface area contributed by atoms with Crippen molar-refractivity contribution in [3.63, 3.8) is 0 Å². The number of hydrogen-bond donors (Lipinski definition) is 1. The fraction of sp³-hybridized carbons (Fsp3) is 0.200. The van der Waals surface area contributed by atoms with Crippen LogP contribution in [0.4, 0.5) is 5.69 Å². The van der Waals surface area contributed by atoms with Gasteiger partial charge >= 0.3 is 0 Å². The minimum Gasteiger partial charge on any atom is -0.338 e. The lowest BCUT2D eigenvalue weighted by Crippen LogP contribution is -2.29. The van der Waals surface area contributed by atoms with Gasteiger partial charge in [-0.15, -0.1) is 0 Å². The Kier molecular flexibility index (Phi) is 5.71. The number of Topliss-reactive ketones (excluding diaryl/α,β-unsaturated/α-hetero) is 1. The van der Waals surface area contributed by atoms with Gasteiger partial charge < -0.3 is 5.32 Å². The van der Waals surface area contributed by atoms with Crippen molar-refractivity contribution in [2.75, 3.05) is 0 Å². The molecule has 7 heteroatoms. The number of nitro groups is 1. The molecule has 27 heavy (non-hydrogen) atoms. The Morgan fingerprint density at radius 2 is 1.85 bits per heavy atom. The van der Waals surface area contributed by atoms with E-state index in [-0.39, 0.29) is 17.5 Å². The summed E-state index contributed by atoms with van der Waals surface area (Å²) in [6, 6.07) is 15.9. The highest BCUT2D eigenvalue weighted by Gasteiger charge is 2.27. The van der Waals surface area contributed by atoms with Crippen LogP contribution in [-0.2, 0) is 10.5 Å². The topological polar surface area (TPSA) is 84.6 Å². The Morgan fingerprint density at radius 1 is 1.19 bits per heavy atom. The van der Waals surface area contributed by atoms with E-state index in [2.05, 4.69) is 5.32 Å². The highest BCUT2D eigenvalue weighted by molar-refractivity contribution is 8.13. The molecule has 0 spiro atoms. The third-order valence-electron chi connectivity index (χ3n) is 4.24. The summed E-state index contributed by atoms with van der Waals surface area (Å²) in [6.07, 6.45) is 0. The van der Waals surface area contributed by atoms with E-state index < -0.39 is 4.92 Å². The lowest BCUT2D eigenvalue weighted by atomic mass is 9.94. The smallest absolute Gasteiger partial charge is 0.269 e. The number of nitrogens with one attached hydrogen (secondary N) is 1. The van der Waals surface area contributed by atoms with Crippen molar-refractivity contribution in [3.8, 4) is 0 Å². The Balaban J connectivity index is 1.79. The lowest BCUT2D eigenvalue weighted by Gasteiger charge is -2.25. The third-order valence-corrected chi connectivity index (χ3v) is 5.19. The van der Waals surface area contributed by atoms with Crippen LogP contribution in [-0.4, -0.2) is 15.9 Å². The maximum atomic E-state index is 12.1. The highest BCUT2D eigenvalue weighted by Crippen LogP contribution is 2.33. The molecule has 0 saturated heterocycles. The number of benzene rings is 2. The van der Waals surface area contributed by atoms with Crippen LogP contribution >= 0.6 is 11.8 Å². The summed E-state index contributed by atoms with van der Waals surface area (Å²) < 4.78 is 0. The quantitative estimate of drug-likeness (QED) is 0.613. The second-order valence-electron chi connectivity index (χ2n) is 6.18. The number of carbonyl (C=O) groups excluding carboxylic acids is 1. The molecular weight excluding hydrogens is 362 g/mol. The molecule has 1 N–H and O–H groups in total. The number of aliphatic imine (C=N–C) groups is 1. The van der Waals surface area contributed by atoms with Gasteiger partial charge in [-0.05, 0) is 25.0 Å². The van der Waals surface area contributed by atoms with Crippen LogP contribution in [0, 0.1) is 10.1 Å². The number of nitro benzene ring substituents is 1. The van der Waals surface area contributed by atoms with E-state index >= 15 is 0 Å². The number of non-ortho nitro benzene ring substituents is 1. The second kappa shape index (κ2) is 8.18. The number of ketones is 1. The molecule has 1 atom stereocenters. The number of nitrogens with zero attached hydrogens (tertiary/aromatic N) is 2. The predicted molar refractivity (Wildman–Crippen MR) is 108 cm³/mol. The van der Waals surface area contributed by atoms with Crippen LogP contribution in [0.15, 0.2) is 70.9 Å². The molecular formula is C20H19N3O3S. The van der Waals surface area contributed by atoms with Gasteiger partial charge in [0.15, 0.2) is 11.0 Å². The Bertz CT molecular complexity index is 921.